The maximum absolute atomic E-state index is 6.26. The average molecular weight is 224 g/mol. The molecule has 1 aliphatic heterocycles. The summed E-state index contributed by atoms with van der Waals surface area (Å²) in [6.07, 6.45) is 5.07. The first-order valence-electron chi connectivity index (χ1n) is 6.04. The highest BCUT2D eigenvalue weighted by Gasteiger charge is 2.25. The fourth-order valence-electron chi connectivity index (χ4n) is 2.20. The number of aryl methyl sites for hydroxylation is 1. The number of nitrogens with two attached hydrogens (primary N) is 1. The molecular formula is C11H20N4O. The van der Waals surface area contributed by atoms with Crippen LogP contribution in [0.4, 0.5) is 0 Å². The van der Waals surface area contributed by atoms with Crippen LogP contribution in [0.3, 0.4) is 0 Å². The summed E-state index contributed by atoms with van der Waals surface area (Å²) in [5.74, 6) is 0.405. The molecule has 0 amide bonds. The molecule has 0 spiro atoms. The van der Waals surface area contributed by atoms with Crippen molar-refractivity contribution >= 4 is 0 Å². The fraction of sp³-hybridized carbons (Fsp3) is 0.818. The molecule has 5 heteroatoms. The standard InChI is InChI=1S/C11H20N4O/c1-2-5-15-10(7-13-14-15)11(12)9-4-3-6-16-8-9/h7,9,11H,2-6,8,12H2,1H3. The van der Waals surface area contributed by atoms with Crippen LogP contribution in [0.15, 0.2) is 6.20 Å². The summed E-state index contributed by atoms with van der Waals surface area (Å²) in [5.41, 5.74) is 7.30. The Bertz CT molecular complexity index is 320. The van der Waals surface area contributed by atoms with Crippen LogP contribution >= 0.6 is 0 Å². The minimum atomic E-state index is 0.00171. The van der Waals surface area contributed by atoms with Crippen molar-refractivity contribution in [1.29, 1.82) is 0 Å². The van der Waals surface area contributed by atoms with E-state index in [0.29, 0.717) is 5.92 Å². The number of hydrogen-bond donors (Lipinski definition) is 1. The van der Waals surface area contributed by atoms with E-state index in [9.17, 15) is 0 Å². The SMILES string of the molecule is CCCn1nncc1C(N)C1CCCOC1. The molecule has 2 atom stereocenters. The van der Waals surface area contributed by atoms with E-state index in [0.717, 1.165) is 44.7 Å². The zero-order chi connectivity index (χ0) is 11.4. The Labute approximate surface area is 96.0 Å². The van der Waals surface area contributed by atoms with Gasteiger partial charge >= 0.3 is 0 Å². The van der Waals surface area contributed by atoms with E-state index in [1.54, 1.807) is 6.20 Å². The Kier molecular flexibility index (Phi) is 3.90. The first kappa shape index (κ1) is 11.5. The third kappa shape index (κ3) is 2.41. The second kappa shape index (κ2) is 5.41. The van der Waals surface area contributed by atoms with Gasteiger partial charge in [0, 0.05) is 19.1 Å². The van der Waals surface area contributed by atoms with Gasteiger partial charge in [0.05, 0.1) is 24.5 Å². The minimum absolute atomic E-state index is 0.00171. The van der Waals surface area contributed by atoms with Crippen LogP contribution in [0, 0.1) is 5.92 Å². The van der Waals surface area contributed by atoms with E-state index in [1.807, 2.05) is 4.68 Å². The summed E-state index contributed by atoms with van der Waals surface area (Å²) in [6, 6.07) is 0.00171. The Morgan fingerprint density at radius 2 is 2.56 bits per heavy atom. The monoisotopic (exact) mass is 224 g/mol. The normalized spacial score (nSPS) is 23.2. The smallest absolute Gasteiger partial charge is 0.0758 e. The second-order valence-electron chi connectivity index (χ2n) is 4.39. The Morgan fingerprint density at radius 3 is 3.25 bits per heavy atom. The Hall–Kier alpha value is -0.940. The summed E-state index contributed by atoms with van der Waals surface area (Å²) >= 11 is 0. The van der Waals surface area contributed by atoms with Crippen molar-refractivity contribution in [2.45, 2.75) is 38.8 Å². The van der Waals surface area contributed by atoms with Crippen LogP contribution < -0.4 is 5.73 Å². The molecular weight excluding hydrogens is 204 g/mol. The lowest BCUT2D eigenvalue weighted by Crippen LogP contribution is -2.30. The summed E-state index contributed by atoms with van der Waals surface area (Å²) in [7, 11) is 0. The summed E-state index contributed by atoms with van der Waals surface area (Å²) < 4.78 is 7.39. The van der Waals surface area contributed by atoms with Gasteiger partial charge in [0.2, 0.25) is 0 Å². The number of nitrogens with zero attached hydrogens (tertiary/aromatic N) is 3. The lowest BCUT2D eigenvalue weighted by atomic mass is 9.92. The largest absolute Gasteiger partial charge is 0.381 e. The van der Waals surface area contributed by atoms with Gasteiger partial charge in [0.15, 0.2) is 0 Å². The van der Waals surface area contributed by atoms with Crippen LogP contribution in [-0.4, -0.2) is 28.2 Å². The van der Waals surface area contributed by atoms with Gasteiger partial charge in [-0.15, -0.1) is 5.10 Å². The van der Waals surface area contributed by atoms with Gasteiger partial charge < -0.3 is 10.5 Å². The molecule has 1 fully saturated rings. The van der Waals surface area contributed by atoms with Crippen molar-refractivity contribution in [3.05, 3.63) is 11.9 Å². The lowest BCUT2D eigenvalue weighted by molar-refractivity contribution is 0.0436. The van der Waals surface area contributed by atoms with Crippen molar-refractivity contribution in [2.75, 3.05) is 13.2 Å². The number of ether oxygens (including phenoxy) is 1. The van der Waals surface area contributed by atoms with E-state index in [-0.39, 0.29) is 6.04 Å². The Balaban J connectivity index is 2.06. The van der Waals surface area contributed by atoms with Gasteiger partial charge in [-0.1, -0.05) is 12.1 Å². The zero-order valence-electron chi connectivity index (χ0n) is 9.80. The molecule has 1 aromatic rings. The summed E-state index contributed by atoms with van der Waals surface area (Å²) in [4.78, 5) is 0. The molecule has 5 nitrogen and oxygen atoms in total. The van der Waals surface area contributed by atoms with E-state index in [2.05, 4.69) is 17.2 Å². The van der Waals surface area contributed by atoms with Gasteiger partial charge in [0.25, 0.3) is 0 Å². The van der Waals surface area contributed by atoms with Crippen molar-refractivity contribution in [1.82, 2.24) is 15.0 Å². The molecule has 2 rings (SSSR count). The molecule has 2 heterocycles. The van der Waals surface area contributed by atoms with Gasteiger partial charge in [0.1, 0.15) is 0 Å². The first-order chi connectivity index (χ1) is 7.83. The van der Waals surface area contributed by atoms with Gasteiger partial charge in [-0.3, -0.25) is 0 Å². The first-order valence-corrected chi connectivity index (χ1v) is 6.04. The molecule has 0 saturated carbocycles. The van der Waals surface area contributed by atoms with Crippen molar-refractivity contribution in [3.8, 4) is 0 Å². The molecule has 0 bridgehead atoms. The van der Waals surface area contributed by atoms with Crippen LogP contribution in [0.25, 0.3) is 0 Å². The molecule has 2 unspecified atom stereocenters. The highest BCUT2D eigenvalue weighted by atomic mass is 16.5. The van der Waals surface area contributed by atoms with Crippen molar-refractivity contribution in [3.63, 3.8) is 0 Å². The topological polar surface area (TPSA) is 66.0 Å². The fourth-order valence-corrected chi connectivity index (χ4v) is 2.20. The average Bonchev–Trinajstić information content (AvgIpc) is 2.78. The molecule has 16 heavy (non-hydrogen) atoms. The maximum Gasteiger partial charge on any atom is 0.0758 e. The molecule has 90 valence electrons. The van der Waals surface area contributed by atoms with Crippen molar-refractivity contribution in [2.24, 2.45) is 11.7 Å². The molecule has 0 aliphatic carbocycles. The highest BCUT2D eigenvalue weighted by molar-refractivity contribution is 5.03. The molecule has 1 saturated heterocycles. The zero-order valence-corrected chi connectivity index (χ0v) is 9.80. The number of hydrogen-bond acceptors (Lipinski definition) is 4. The van der Waals surface area contributed by atoms with Crippen LogP contribution in [0.2, 0.25) is 0 Å². The molecule has 2 N–H and O–H groups in total. The molecule has 0 aromatic carbocycles. The third-order valence-corrected chi connectivity index (χ3v) is 3.13. The van der Waals surface area contributed by atoms with Crippen LogP contribution in [0.1, 0.15) is 37.9 Å². The third-order valence-electron chi connectivity index (χ3n) is 3.13. The number of aromatic nitrogens is 3. The van der Waals surface area contributed by atoms with E-state index in [1.165, 1.54) is 0 Å². The van der Waals surface area contributed by atoms with Gasteiger partial charge in [-0.25, -0.2) is 4.68 Å². The van der Waals surface area contributed by atoms with E-state index in [4.69, 9.17) is 10.5 Å². The van der Waals surface area contributed by atoms with Gasteiger partial charge in [-0.2, -0.15) is 0 Å². The van der Waals surface area contributed by atoms with Gasteiger partial charge in [-0.05, 0) is 19.3 Å². The van der Waals surface area contributed by atoms with E-state index < -0.39 is 0 Å². The Morgan fingerprint density at radius 1 is 1.69 bits per heavy atom. The molecule has 1 aliphatic rings. The number of rotatable bonds is 4. The molecule has 1 aromatic heterocycles. The highest BCUT2D eigenvalue weighted by Crippen LogP contribution is 2.26. The predicted molar refractivity (Wildman–Crippen MR) is 60.8 cm³/mol. The maximum atomic E-state index is 6.26. The lowest BCUT2D eigenvalue weighted by Gasteiger charge is -2.27. The quantitative estimate of drug-likeness (QED) is 0.832. The summed E-state index contributed by atoms with van der Waals surface area (Å²) in [6.45, 7) is 4.64. The second-order valence-corrected chi connectivity index (χ2v) is 4.39. The van der Waals surface area contributed by atoms with Crippen LogP contribution in [-0.2, 0) is 11.3 Å². The van der Waals surface area contributed by atoms with Crippen molar-refractivity contribution < 1.29 is 4.74 Å². The predicted octanol–water partition coefficient (Wildman–Crippen LogP) is 1.11. The van der Waals surface area contributed by atoms with E-state index >= 15 is 0 Å². The molecule has 0 radical (unpaired) electrons. The minimum Gasteiger partial charge on any atom is -0.381 e. The summed E-state index contributed by atoms with van der Waals surface area (Å²) in [5, 5.41) is 8.02. The van der Waals surface area contributed by atoms with Crippen LogP contribution in [0.5, 0.6) is 0 Å².